The highest BCUT2D eigenvalue weighted by Gasteiger charge is 2.53. The molecule has 0 aliphatic heterocycles. The maximum absolute atomic E-state index is 13.1. The van der Waals surface area contributed by atoms with Gasteiger partial charge in [0, 0.05) is 27.9 Å². The molecule has 1 saturated carbocycles. The Morgan fingerprint density at radius 3 is 2.29 bits per heavy atom. The van der Waals surface area contributed by atoms with Crippen molar-refractivity contribution in [1.29, 1.82) is 0 Å². The molecule has 4 aromatic rings. The average molecular weight is 513 g/mol. The van der Waals surface area contributed by atoms with E-state index >= 15 is 0 Å². The first-order chi connectivity index (χ1) is 16.7. The van der Waals surface area contributed by atoms with Gasteiger partial charge in [0.25, 0.3) is 10.0 Å². The van der Waals surface area contributed by atoms with Gasteiger partial charge >= 0.3 is 0 Å². The number of amides is 1. The molecule has 1 amide bonds. The number of aromatic nitrogens is 2. The number of sulfonamides is 1. The van der Waals surface area contributed by atoms with Gasteiger partial charge in [0.05, 0.1) is 21.7 Å². The van der Waals surface area contributed by atoms with Crippen LogP contribution in [0.5, 0.6) is 0 Å². The lowest BCUT2D eigenvalue weighted by molar-refractivity contribution is -0.118. The van der Waals surface area contributed by atoms with Crippen LogP contribution in [0, 0.1) is 13.8 Å². The highest BCUT2D eigenvalue weighted by atomic mass is 35.5. The highest BCUT2D eigenvalue weighted by Crippen LogP contribution is 2.49. The molecule has 180 valence electrons. The van der Waals surface area contributed by atoms with Crippen LogP contribution in [-0.2, 0) is 20.2 Å². The summed E-state index contributed by atoms with van der Waals surface area (Å²) in [4.78, 5) is 13.1. The van der Waals surface area contributed by atoms with Crippen LogP contribution >= 0.6 is 11.6 Å². The third-order valence-electron chi connectivity index (χ3n) is 6.12. The van der Waals surface area contributed by atoms with Gasteiger partial charge in [-0.1, -0.05) is 21.9 Å². The fourth-order valence-corrected chi connectivity index (χ4v) is 4.81. The van der Waals surface area contributed by atoms with Gasteiger partial charge in [0.2, 0.25) is 11.8 Å². The second-order valence-electron chi connectivity index (χ2n) is 8.47. The topological polar surface area (TPSA) is 127 Å². The summed E-state index contributed by atoms with van der Waals surface area (Å²) in [5.41, 5.74) is 2.27. The number of carbonyl (C=O) groups is 1. The number of halogens is 1. The minimum atomic E-state index is -3.88. The van der Waals surface area contributed by atoms with Gasteiger partial charge in [0.15, 0.2) is 5.76 Å². The molecule has 0 spiro atoms. The summed E-state index contributed by atoms with van der Waals surface area (Å²) in [6.45, 7) is 3.43. The average Bonchev–Trinajstić information content (AvgIpc) is 3.41. The molecule has 9 nitrogen and oxygen atoms in total. The number of rotatable bonds is 7. The van der Waals surface area contributed by atoms with Gasteiger partial charge in [0.1, 0.15) is 0 Å². The normalized spacial score (nSPS) is 14.5. The Kier molecular flexibility index (Phi) is 5.65. The lowest BCUT2D eigenvalue weighted by Crippen LogP contribution is -2.28. The second kappa shape index (κ2) is 8.54. The number of carbonyl (C=O) groups excluding carboxylic acids is 1. The van der Waals surface area contributed by atoms with Crippen LogP contribution in [0.15, 0.2) is 68.5 Å². The Bertz CT molecular complexity index is 1500. The molecule has 0 atom stereocenters. The van der Waals surface area contributed by atoms with E-state index in [0.717, 1.165) is 5.56 Å². The number of benzene rings is 2. The summed E-state index contributed by atoms with van der Waals surface area (Å²) in [5.74, 6) is 0.395. The first-order valence-electron chi connectivity index (χ1n) is 10.8. The predicted molar refractivity (Wildman–Crippen MR) is 130 cm³/mol. The van der Waals surface area contributed by atoms with Crippen molar-refractivity contribution >= 4 is 39.1 Å². The van der Waals surface area contributed by atoms with Gasteiger partial charge in [-0.15, -0.1) is 0 Å². The fraction of sp³-hybridized carbons (Fsp3) is 0.208. The zero-order valence-electron chi connectivity index (χ0n) is 18.8. The molecule has 0 unspecified atom stereocenters. The first kappa shape index (κ1) is 23.1. The van der Waals surface area contributed by atoms with E-state index in [4.69, 9.17) is 20.6 Å². The molecule has 5 rings (SSSR count). The van der Waals surface area contributed by atoms with Crippen LogP contribution in [0.1, 0.15) is 29.8 Å². The first-order valence-corrected chi connectivity index (χ1v) is 12.6. The van der Waals surface area contributed by atoms with E-state index in [-0.39, 0.29) is 16.7 Å². The molecule has 0 radical (unpaired) electrons. The smallest absolute Gasteiger partial charge is 0.264 e. The van der Waals surface area contributed by atoms with Gasteiger partial charge in [-0.05, 0) is 75.2 Å². The zero-order valence-corrected chi connectivity index (χ0v) is 20.4. The second-order valence-corrected chi connectivity index (χ2v) is 10.6. The molecule has 2 aromatic carbocycles. The third kappa shape index (κ3) is 4.42. The Morgan fingerprint density at radius 2 is 1.69 bits per heavy atom. The van der Waals surface area contributed by atoms with Crippen molar-refractivity contribution in [3.63, 3.8) is 0 Å². The maximum Gasteiger partial charge on any atom is 0.264 e. The van der Waals surface area contributed by atoms with Crippen LogP contribution in [0.4, 0.5) is 11.6 Å². The largest absolute Gasteiger partial charge is 0.356 e. The van der Waals surface area contributed by atoms with E-state index in [0.29, 0.717) is 46.3 Å². The van der Waals surface area contributed by atoms with E-state index < -0.39 is 15.4 Å². The maximum atomic E-state index is 13.1. The molecule has 2 aromatic heterocycles. The molecule has 35 heavy (non-hydrogen) atoms. The lowest BCUT2D eigenvalue weighted by Gasteiger charge is -2.13. The molecule has 11 heteroatoms. The number of hydrogen-bond donors (Lipinski definition) is 2. The van der Waals surface area contributed by atoms with Crippen LogP contribution in [0.2, 0.25) is 5.02 Å². The molecule has 0 saturated heterocycles. The van der Waals surface area contributed by atoms with Crippen LogP contribution < -0.4 is 10.0 Å². The van der Waals surface area contributed by atoms with Crippen molar-refractivity contribution in [2.75, 3.05) is 10.0 Å². The number of anilines is 2. The van der Waals surface area contributed by atoms with Gasteiger partial charge in [-0.3, -0.25) is 4.79 Å². The standard InChI is InChI=1S/C24H21ClN4O5S/c1-14-15(2)27-34-22(14)29-35(31,32)19-9-7-18(8-10-19)26-23(30)24(11-12-24)21-13-20(33-28-21)16-3-5-17(25)6-4-16/h3-10,13,29H,11-12H2,1-2H3,(H,26,30). The summed E-state index contributed by atoms with van der Waals surface area (Å²) in [5, 5.41) is 11.4. The monoisotopic (exact) mass is 512 g/mol. The van der Waals surface area contributed by atoms with Crippen LogP contribution in [0.25, 0.3) is 11.3 Å². The van der Waals surface area contributed by atoms with Crippen molar-refractivity contribution in [2.24, 2.45) is 0 Å². The Labute approximate surface area is 206 Å². The minimum absolute atomic E-state index is 0.0224. The predicted octanol–water partition coefficient (Wildman–Crippen LogP) is 5.07. The zero-order chi connectivity index (χ0) is 24.8. The molecule has 2 heterocycles. The summed E-state index contributed by atoms with van der Waals surface area (Å²) in [6, 6.07) is 14.8. The van der Waals surface area contributed by atoms with Crippen molar-refractivity contribution in [2.45, 2.75) is 37.0 Å². The quantitative estimate of drug-likeness (QED) is 0.353. The molecule has 1 aliphatic rings. The van der Waals surface area contributed by atoms with E-state index in [1.807, 2.05) is 12.1 Å². The number of aryl methyl sites for hydroxylation is 1. The Morgan fingerprint density at radius 1 is 1.00 bits per heavy atom. The van der Waals surface area contributed by atoms with Crippen molar-refractivity contribution in [3.8, 4) is 11.3 Å². The number of nitrogens with zero attached hydrogens (tertiary/aromatic N) is 2. The molecular formula is C24H21ClN4O5S. The molecule has 0 bridgehead atoms. The van der Waals surface area contributed by atoms with E-state index in [2.05, 4.69) is 20.4 Å². The lowest BCUT2D eigenvalue weighted by atomic mass is 10.00. The van der Waals surface area contributed by atoms with Crippen LogP contribution in [0.3, 0.4) is 0 Å². The minimum Gasteiger partial charge on any atom is -0.356 e. The van der Waals surface area contributed by atoms with Crippen molar-refractivity contribution in [1.82, 2.24) is 10.3 Å². The van der Waals surface area contributed by atoms with E-state index in [1.165, 1.54) is 24.3 Å². The number of hydrogen-bond acceptors (Lipinski definition) is 7. The number of nitrogens with one attached hydrogen (secondary N) is 2. The third-order valence-corrected chi connectivity index (χ3v) is 7.72. The van der Waals surface area contributed by atoms with E-state index in [1.54, 1.807) is 32.0 Å². The Balaban J connectivity index is 1.29. The Hall–Kier alpha value is -3.63. The molecule has 1 aliphatic carbocycles. The summed E-state index contributed by atoms with van der Waals surface area (Å²) in [6.07, 6.45) is 1.27. The van der Waals surface area contributed by atoms with Crippen molar-refractivity contribution < 1.29 is 22.3 Å². The van der Waals surface area contributed by atoms with Crippen molar-refractivity contribution in [3.05, 3.63) is 76.6 Å². The summed E-state index contributed by atoms with van der Waals surface area (Å²) in [7, 11) is -3.88. The SMILES string of the molecule is Cc1noc(NS(=O)(=O)c2ccc(NC(=O)C3(c4cc(-c5ccc(Cl)cc5)on4)CC3)cc2)c1C. The molecular weight excluding hydrogens is 492 g/mol. The molecule has 1 fully saturated rings. The van der Waals surface area contributed by atoms with E-state index in [9.17, 15) is 13.2 Å². The summed E-state index contributed by atoms with van der Waals surface area (Å²) >= 11 is 5.94. The van der Waals surface area contributed by atoms with Gasteiger partial charge in [-0.2, -0.15) is 0 Å². The fourth-order valence-electron chi connectivity index (χ4n) is 3.64. The molecule has 2 N–H and O–H groups in total. The van der Waals surface area contributed by atoms with Gasteiger partial charge in [-0.25, -0.2) is 13.1 Å². The summed E-state index contributed by atoms with van der Waals surface area (Å²) < 4.78 is 38.2. The highest BCUT2D eigenvalue weighted by molar-refractivity contribution is 7.92. The van der Waals surface area contributed by atoms with Crippen LogP contribution in [-0.4, -0.2) is 24.6 Å². The van der Waals surface area contributed by atoms with Gasteiger partial charge < -0.3 is 14.4 Å².